The van der Waals surface area contributed by atoms with Crippen LogP contribution in [0.15, 0.2) is 12.1 Å². The minimum absolute atomic E-state index is 0.316. The van der Waals surface area contributed by atoms with Gasteiger partial charge >= 0.3 is 0 Å². The van der Waals surface area contributed by atoms with Gasteiger partial charge in [-0.3, -0.25) is 0 Å². The zero-order valence-electron chi connectivity index (χ0n) is 12.2. The first-order chi connectivity index (χ1) is 9.02. The number of hydrogen-bond donors (Lipinski definition) is 0. The number of hydrogen-bond acceptors (Lipinski definition) is 2. The third-order valence-electron chi connectivity index (χ3n) is 4.00. The van der Waals surface area contributed by atoms with Crippen LogP contribution >= 0.6 is 11.6 Å². The molecule has 0 atom stereocenters. The Morgan fingerprint density at radius 1 is 1.32 bits per heavy atom. The van der Waals surface area contributed by atoms with E-state index in [1.165, 1.54) is 12.8 Å². The molecule has 0 aliphatic heterocycles. The van der Waals surface area contributed by atoms with E-state index in [1.807, 2.05) is 6.07 Å². The topological polar surface area (TPSA) is 22.1 Å². The third-order valence-corrected chi connectivity index (χ3v) is 4.31. The Labute approximate surface area is 121 Å². The molecule has 1 saturated carbocycles. The summed E-state index contributed by atoms with van der Waals surface area (Å²) in [6, 6.07) is 4.04. The van der Waals surface area contributed by atoms with E-state index in [1.54, 1.807) is 0 Å². The quantitative estimate of drug-likeness (QED) is 0.744. The second-order valence-electron chi connectivity index (χ2n) is 6.27. The molecule has 0 aromatic carbocycles. The number of aromatic nitrogens is 1. The van der Waals surface area contributed by atoms with Crippen LogP contribution in [0, 0.1) is 5.41 Å². The molecule has 19 heavy (non-hydrogen) atoms. The van der Waals surface area contributed by atoms with Gasteiger partial charge < -0.3 is 4.74 Å². The average Bonchev–Trinajstić information content (AvgIpc) is 2.40. The van der Waals surface area contributed by atoms with Crippen LogP contribution in [0.25, 0.3) is 0 Å². The van der Waals surface area contributed by atoms with Crippen molar-refractivity contribution in [1.82, 2.24) is 4.98 Å². The number of alkyl halides is 1. The van der Waals surface area contributed by atoms with E-state index in [0.29, 0.717) is 17.4 Å². The molecule has 2 rings (SSSR count). The van der Waals surface area contributed by atoms with Crippen LogP contribution in [0.1, 0.15) is 57.7 Å². The fourth-order valence-electron chi connectivity index (χ4n) is 2.60. The van der Waals surface area contributed by atoms with Gasteiger partial charge in [-0.2, -0.15) is 0 Å². The highest BCUT2D eigenvalue weighted by Crippen LogP contribution is 2.36. The minimum atomic E-state index is 0.316. The molecule has 0 bridgehead atoms. The van der Waals surface area contributed by atoms with Crippen molar-refractivity contribution < 1.29 is 4.74 Å². The molecule has 1 aliphatic rings. The van der Waals surface area contributed by atoms with Gasteiger partial charge in [-0.15, -0.1) is 11.6 Å². The molecule has 0 unspecified atom stereocenters. The van der Waals surface area contributed by atoms with Crippen LogP contribution in [0.5, 0.6) is 5.88 Å². The van der Waals surface area contributed by atoms with Crippen molar-refractivity contribution in [3.63, 3.8) is 0 Å². The fraction of sp³-hybridized carbons (Fsp3) is 0.688. The first kappa shape index (κ1) is 14.6. The van der Waals surface area contributed by atoms with Gasteiger partial charge in [0.1, 0.15) is 6.10 Å². The maximum atomic E-state index is 6.06. The van der Waals surface area contributed by atoms with E-state index in [2.05, 4.69) is 31.8 Å². The second kappa shape index (κ2) is 6.13. The molecule has 0 spiro atoms. The largest absolute Gasteiger partial charge is 0.474 e. The van der Waals surface area contributed by atoms with Gasteiger partial charge in [0.25, 0.3) is 0 Å². The predicted octanol–water partition coefficient (Wildman–Crippen LogP) is 4.73. The van der Waals surface area contributed by atoms with Crippen LogP contribution in [-0.2, 0) is 12.3 Å². The zero-order chi connectivity index (χ0) is 13.9. The van der Waals surface area contributed by atoms with E-state index < -0.39 is 0 Å². The number of nitrogens with zero attached hydrogens (tertiary/aromatic N) is 1. The monoisotopic (exact) mass is 281 g/mol. The molecule has 0 N–H and O–H groups in total. The van der Waals surface area contributed by atoms with Gasteiger partial charge in [-0.25, -0.2) is 4.98 Å². The zero-order valence-corrected chi connectivity index (χ0v) is 13.0. The third kappa shape index (κ3) is 4.10. The lowest BCUT2D eigenvalue weighted by molar-refractivity contribution is 0.0947. The van der Waals surface area contributed by atoms with E-state index in [9.17, 15) is 0 Å². The summed E-state index contributed by atoms with van der Waals surface area (Å²) >= 11 is 5.92. The standard InChI is InChI=1S/C16H24ClNO/c1-4-13-9-12(11-17)10-15(18-13)19-14-5-7-16(2,3)8-6-14/h9-10,14H,4-8,11H2,1-3H3. The Bertz CT molecular complexity index is 399. The van der Waals surface area contributed by atoms with Crippen LogP contribution in [0.3, 0.4) is 0 Å². The maximum Gasteiger partial charge on any atom is 0.214 e. The van der Waals surface area contributed by atoms with E-state index >= 15 is 0 Å². The predicted molar refractivity (Wildman–Crippen MR) is 79.8 cm³/mol. The van der Waals surface area contributed by atoms with E-state index in [-0.39, 0.29) is 0 Å². The molecule has 1 aromatic heterocycles. The summed E-state index contributed by atoms with van der Waals surface area (Å²) in [5.41, 5.74) is 2.63. The Kier molecular flexibility index (Phi) is 4.72. The Morgan fingerprint density at radius 3 is 2.58 bits per heavy atom. The molecule has 0 amide bonds. The number of rotatable bonds is 4. The lowest BCUT2D eigenvalue weighted by atomic mass is 9.76. The number of halogens is 1. The van der Waals surface area contributed by atoms with Crippen LogP contribution in [-0.4, -0.2) is 11.1 Å². The average molecular weight is 282 g/mol. The normalized spacial score (nSPS) is 19.4. The van der Waals surface area contributed by atoms with Gasteiger partial charge in [0.05, 0.1) is 0 Å². The van der Waals surface area contributed by atoms with Gasteiger partial charge in [0.15, 0.2) is 0 Å². The summed E-state index contributed by atoms with van der Waals surface area (Å²) in [6.45, 7) is 6.78. The molecule has 1 fully saturated rings. The number of pyridine rings is 1. The highest BCUT2D eigenvalue weighted by molar-refractivity contribution is 6.17. The fourth-order valence-corrected chi connectivity index (χ4v) is 2.75. The van der Waals surface area contributed by atoms with Crippen molar-refractivity contribution in [2.45, 2.75) is 64.9 Å². The summed E-state index contributed by atoms with van der Waals surface area (Å²) in [7, 11) is 0. The summed E-state index contributed by atoms with van der Waals surface area (Å²) in [4.78, 5) is 4.55. The molecule has 1 aromatic rings. The lowest BCUT2D eigenvalue weighted by Crippen LogP contribution is -2.28. The van der Waals surface area contributed by atoms with Gasteiger partial charge in [0, 0.05) is 17.6 Å². The second-order valence-corrected chi connectivity index (χ2v) is 6.54. The molecular formula is C16H24ClNO. The first-order valence-corrected chi connectivity index (χ1v) is 7.78. The number of aryl methyl sites for hydroxylation is 1. The van der Waals surface area contributed by atoms with E-state index in [4.69, 9.17) is 16.3 Å². The molecular weight excluding hydrogens is 258 g/mol. The van der Waals surface area contributed by atoms with Crippen LogP contribution < -0.4 is 4.74 Å². The van der Waals surface area contributed by atoms with Crippen molar-refractivity contribution >= 4 is 11.6 Å². The maximum absolute atomic E-state index is 6.06. The van der Waals surface area contributed by atoms with Crippen molar-refractivity contribution in [3.05, 3.63) is 23.4 Å². The molecule has 0 saturated heterocycles. The molecule has 1 heterocycles. The SMILES string of the molecule is CCc1cc(CCl)cc(OC2CCC(C)(C)CC2)n1. The molecule has 2 nitrogen and oxygen atoms in total. The summed E-state index contributed by atoms with van der Waals surface area (Å²) in [5.74, 6) is 1.27. The van der Waals surface area contributed by atoms with Gasteiger partial charge in [-0.1, -0.05) is 20.8 Å². The van der Waals surface area contributed by atoms with Crippen molar-refractivity contribution in [2.24, 2.45) is 5.41 Å². The van der Waals surface area contributed by atoms with Crippen molar-refractivity contribution in [3.8, 4) is 5.88 Å². The Hall–Kier alpha value is -0.760. The minimum Gasteiger partial charge on any atom is -0.474 e. The smallest absolute Gasteiger partial charge is 0.214 e. The van der Waals surface area contributed by atoms with Crippen LogP contribution in [0.2, 0.25) is 0 Å². The van der Waals surface area contributed by atoms with E-state index in [0.717, 1.165) is 36.4 Å². The first-order valence-electron chi connectivity index (χ1n) is 7.25. The highest BCUT2D eigenvalue weighted by atomic mass is 35.5. The van der Waals surface area contributed by atoms with Crippen LogP contribution in [0.4, 0.5) is 0 Å². The molecule has 106 valence electrons. The van der Waals surface area contributed by atoms with Crippen molar-refractivity contribution in [1.29, 1.82) is 0 Å². The van der Waals surface area contributed by atoms with Gasteiger partial charge in [0.2, 0.25) is 5.88 Å². The summed E-state index contributed by atoms with van der Waals surface area (Å²) in [6.07, 6.45) is 5.94. The number of ether oxygens (including phenoxy) is 1. The van der Waals surface area contributed by atoms with Crippen molar-refractivity contribution in [2.75, 3.05) is 0 Å². The molecule has 0 radical (unpaired) electrons. The van der Waals surface area contributed by atoms with Gasteiger partial charge in [-0.05, 0) is 49.1 Å². The summed E-state index contributed by atoms with van der Waals surface area (Å²) in [5, 5.41) is 0. The Balaban J connectivity index is 2.03. The highest BCUT2D eigenvalue weighted by Gasteiger charge is 2.28. The molecule has 1 aliphatic carbocycles. The lowest BCUT2D eigenvalue weighted by Gasteiger charge is -2.34. The molecule has 3 heteroatoms. The summed E-state index contributed by atoms with van der Waals surface area (Å²) < 4.78 is 6.06. The Morgan fingerprint density at radius 2 is 2.00 bits per heavy atom.